The van der Waals surface area contributed by atoms with E-state index in [0.29, 0.717) is 6.04 Å². The topological polar surface area (TPSA) is 45.2 Å². The van der Waals surface area contributed by atoms with Crippen LogP contribution in [0, 0.1) is 0 Å². The maximum absolute atomic E-state index is 12.5. The first kappa shape index (κ1) is 12.1. The van der Waals surface area contributed by atoms with Gasteiger partial charge in [0, 0.05) is 42.8 Å². The summed E-state index contributed by atoms with van der Waals surface area (Å²) in [4.78, 5) is 18.7. The maximum atomic E-state index is 12.5. The van der Waals surface area contributed by atoms with E-state index < -0.39 is 0 Å². The van der Waals surface area contributed by atoms with Gasteiger partial charge in [-0.1, -0.05) is 6.07 Å². The van der Waals surface area contributed by atoms with Crippen LogP contribution in [-0.4, -0.2) is 41.5 Å². The van der Waals surface area contributed by atoms with E-state index in [0.717, 1.165) is 36.1 Å². The zero-order chi connectivity index (χ0) is 13.2. The predicted molar refractivity (Wildman–Crippen MR) is 75.1 cm³/mol. The summed E-state index contributed by atoms with van der Waals surface area (Å²) >= 11 is 0. The number of carbonyl (C=O) groups is 1. The number of nitrogens with one attached hydrogen (secondary N) is 1. The molecule has 3 rings (SSSR count). The molecule has 0 radical (unpaired) electrons. The number of amides is 1. The lowest BCUT2D eigenvalue weighted by atomic mass is 10.1. The van der Waals surface area contributed by atoms with Gasteiger partial charge in [0.1, 0.15) is 0 Å². The van der Waals surface area contributed by atoms with Crippen molar-refractivity contribution in [1.29, 1.82) is 0 Å². The van der Waals surface area contributed by atoms with Crippen LogP contribution in [-0.2, 0) is 0 Å². The van der Waals surface area contributed by atoms with Gasteiger partial charge in [-0.15, -0.1) is 0 Å². The molecule has 1 N–H and O–H groups in total. The summed E-state index contributed by atoms with van der Waals surface area (Å²) in [5, 5.41) is 4.35. The fraction of sp³-hybridized carbons (Fsp3) is 0.333. The van der Waals surface area contributed by atoms with E-state index in [1.807, 2.05) is 35.2 Å². The second-order valence-corrected chi connectivity index (χ2v) is 5.02. The molecular weight excluding hydrogens is 238 g/mol. The molecule has 4 nitrogen and oxygen atoms in total. The quantitative estimate of drug-likeness (QED) is 0.843. The Morgan fingerprint density at radius 2 is 2.32 bits per heavy atom. The largest absolute Gasteiger partial charge is 0.336 e. The molecule has 2 aromatic rings. The van der Waals surface area contributed by atoms with Crippen molar-refractivity contribution in [3.8, 4) is 0 Å². The summed E-state index contributed by atoms with van der Waals surface area (Å²) in [6.45, 7) is 4.50. The molecule has 1 fully saturated rings. The molecule has 0 saturated carbocycles. The third-order valence-electron chi connectivity index (χ3n) is 3.51. The molecule has 0 unspecified atom stereocenters. The number of hydrogen-bond acceptors (Lipinski definition) is 3. The van der Waals surface area contributed by atoms with Crippen LogP contribution in [0.1, 0.15) is 17.3 Å². The average Bonchev–Trinajstić information content (AvgIpc) is 2.46. The minimum absolute atomic E-state index is 0.110. The van der Waals surface area contributed by atoms with Crippen molar-refractivity contribution in [3.63, 3.8) is 0 Å². The van der Waals surface area contributed by atoms with Crippen molar-refractivity contribution in [1.82, 2.24) is 15.2 Å². The fourth-order valence-corrected chi connectivity index (χ4v) is 2.51. The third kappa shape index (κ3) is 2.44. The van der Waals surface area contributed by atoms with Crippen molar-refractivity contribution in [2.45, 2.75) is 13.0 Å². The normalized spacial score (nSPS) is 19.6. The number of aromatic nitrogens is 1. The molecule has 1 aromatic carbocycles. The van der Waals surface area contributed by atoms with Gasteiger partial charge in [-0.05, 0) is 31.2 Å². The lowest BCUT2D eigenvalue weighted by molar-refractivity contribution is 0.0709. The number of hydrogen-bond donors (Lipinski definition) is 1. The van der Waals surface area contributed by atoms with Crippen LogP contribution in [0.2, 0.25) is 0 Å². The minimum atomic E-state index is 0.110. The SMILES string of the molecule is C[C@@H]1CN(C(=O)c2ccc3ncccc3c2)CCN1. The molecule has 0 bridgehead atoms. The van der Waals surface area contributed by atoms with Crippen LogP contribution >= 0.6 is 0 Å². The summed E-state index contributed by atoms with van der Waals surface area (Å²) < 4.78 is 0. The number of nitrogens with zero attached hydrogens (tertiary/aromatic N) is 2. The van der Waals surface area contributed by atoms with Crippen LogP contribution in [0.15, 0.2) is 36.5 Å². The van der Waals surface area contributed by atoms with Gasteiger partial charge in [0.15, 0.2) is 0 Å². The lowest BCUT2D eigenvalue weighted by Crippen LogP contribution is -2.51. The Morgan fingerprint density at radius 1 is 1.42 bits per heavy atom. The Balaban J connectivity index is 1.88. The van der Waals surface area contributed by atoms with Crippen LogP contribution in [0.25, 0.3) is 10.9 Å². The molecule has 4 heteroatoms. The highest BCUT2D eigenvalue weighted by Gasteiger charge is 2.21. The number of benzene rings is 1. The number of fused-ring (bicyclic) bond motifs is 1. The number of rotatable bonds is 1. The fourth-order valence-electron chi connectivity index (χ4n) is 2.51. The van der Waals surface area contributed by atoms with Crippen LogP contribution in [0.5, 0.6) is 0 Å². The van der Waals surface area contributed by atoms with Crippen LogP contribution in [0.4, 0.5) is 0 Å². The molecular formula is C15H17N3O. The van der Waals surface area contributed by atoms with E-state index in [9.17, 15) is 4.79 Å². The monoisotopic (exact) mass is 255 g/mol. The molecule has 1 aromatic heterocycles. The molecule has 1 atom stereocenters. The smallest absolute Gasteiger partial charge is 0.253 e. The predicted octanol–water partition coefficient (Wildman–Crippen LogP) is 1.67. The van der Waals surface area contributed by atoms with Gasteiger partial charge in [-0.3, -0.25) is 9.78 Å². The molecule has 0 spiro atoms. The van der Waals surface area contributed by atoms with E-state index in [2.05, 4.69) is 17.2 Å². The van der Waals surface area contributed by atoms with E-state index in [4.69, 9.17) is 0 Å². The zero-order valence-electron chi connectivity index (χ0n) is 11.0. The Kier molecular flexibility index (Phi) is 3.17. The summed E-state index contributed by atoms with van der Waals surface area (Å²) in [7, 11) is 0. The first-order valence-electron chi connectivity index (χ1n) is 6.61. The van der Waals surface area contributed by atoms with Gasteiger partial charge in [-0.25, -0.2) is 0 Å². The molecule has 1 aliphatic heterocycles. The summed E-state index contributed by atoms with van der Waals surface area (Å²) in [5.74, 6) is 0.110. The van der Waals surface area contributed by atoms with Gasteiger partial charge in [0.05, 0.1) is 5.52 Å². The minimum Gasteiger partial charge on any atom is -0.336 e. The maximum Gasteiger partial charge on any atom is 0.253 e. The molecule has 1 amide bonds. The third-order valence-corrected chi connectivity index (χ3v) is 3.51. The number of carbonyl (C=O) groups excluding carboxylic acids is 1. The second-order valence-electron chi connectivity index (χ2n) is 5.02. The van der Waals surface area contributed by atoms with Crippen molar-refractivity contribution < 1.29 is 4.79 Å². The van der Waals surface area contributed by atoms with Crippen molar-refractivity contribution >= 4 is 16.8 Å². The second kappa shape index (κ2) is 4.97. The molecule has 19 heavy (non-hydrogen) atoms. The van der Waals surface area contributed by atoms with E-state index in [-0.39, 0.29) is 5.91 Å². The van der Waals surface area contributed by atoms with Gasteiger partial charge in [0.2, 0.25) is 0 Å². The molecule has 0 aliphatic carbocycles. The lowest BCUT2D eigenvalue weighted by Gasteiger charge is -2.32. The summed E-state index contributed by atoms with van der Waals surface area (Å²) in [5.41, 5.74) is 1.67. The van der Waals surface area contributed by atoms with Gasteiger partial charge in [-0.2, -0.15) is 0 Å². The van der Waals surface area contributed by atoms with Crippen LogP contribution < -0.4 is 5.32 Å². The Morgan fingerprint density at radius 3 is 3.16 bits per heavy atom. The molecule has 1 saturated heterocycles. The number of piperazine rings is 1. The van der Waals surface area contributed by atoms with Gasteiger partial charge >= 0.3 is 0 Å². The highest BCUT2D eigenvalue weighted by atomic mass is 16.2. The first-order chi connectivity index (χ1) is 9.24. The summed E-state index contributed by atoms with van der Waals surface area (Å²) in [6.07, 6.45) is 1.77. The van der Waals surface area contributed by atoms with Crippen molar-refractivity contribution in [2.75, 3.05) is 19.6 Å². The molecule has 2 heterocycles. The highest BCUT2D eigenvalue weighted by Crippen LogP contribution is 2.15. The average molecular weight is 255 g/mol. The first-order valence-corrected chi connectivity index (χ1v) is 6.61. The molecule has 98 valence electrons. The van der Waals surface area contributed by atoms with Crippen molar-refractivity contribution in [3.05, 3.63) is 42.1 Å². The Labute approximate surface area is 112 Å². The van der Waals surface area contributed by atoms with E-state index in [1.165, 1.54) is 0 Å². The number of pyridine rings is 1. The highest BCUT2D eigenvalue weighted by molar-refractivity contribution is 5.98. The Bertz CT molecular complexity index is 611. The zero-order valence-corrected chi connectivity index (χ0v) is 11.0. The van der Waals surface area contributed by atoms with Gasteiger partial charge < -0.3 is 10.2 Å². The Hall–Kier alpha value is -1.94. The van der Waals surface area contributed by atoms with Gasteiger partial charge in [0.25, 0.3) is 5.91 Å². The van der Waals surface area contributed by atoms with Crippen LogP contribution in [0.3, 0.4) is 0 Å². The summed E-state index contributed by atoms with van der Waals surface area (Å²) in [6, 6.07) is 9.94. The molecule has 1 aliphatic rings. The van der Waals surface area contributed by atoms with E-state index in [1.54, 1.807) is 6.20 Å². The standard InChI is InChI=1S/C15H17N3O/c1-11-10-18(8-7-16-11)15(19)13-4-5-14-12(9-13)3-2-6-17-14/h2-6,9,11,16H,7-8,10H2,1H3/t11-/m1/s1. The van der Waals surface area contributed by atoms with E-state index >= 15 is 0 Å². The van der Waals surface area contributed by atoms with Crippen molar-refractivity contribution in [2.24, 2.45) is 0 Å².